The molecule has 13 heavy (non-hydrogen) atoms. The first kappa shape index (κ1) is 9.74. The van der Waals surface area contributed by atoms with Gasteiger partial charge < -0.3 is 9.84 Å². The van der Waals surface area contributed by atoms with E-state index in [2.05, 4.69) is 6.92 Å². The van der Waals surface area contributed by atoms with Gasteiger partial charge in [-0.15, -0.1) is 0 Å². The molecule has 0 bridgehead atoms. The second kappa shape index (κ2) is 4.05. The summed E-state index contributed by atoms with van der Waals surface area (Å²) in [6.45, 7) is 3.07. The molecule has 0 aliphatic rings. The van der Waals surface area contributed by atoms with Crippen molar-refractivity contribution in [1.82, 2.24) is 0 Å². The van der Waals surface area contributed by atoms with E-state index in [9.17, 15) is 4.79 Å². The summed E-state index contributed by atoms with van der Waals surface area (Å²) in [5.74, 6) is 0.194. The molecule has 0 aliphatic heterocycles. The van der Waals surface area contributed by atoms with Crippen molar-refractivity contribution in [3.8, 4) is 5.75 Å². The standard InChI is InChI=1S/C10H11O3/c1-7(12)8-4-3-5-10(13-2)9(8)6-11/h3-5,11H,1,6H2,2H3. The molecule has 0 heterocycles. The van der Waals surface area contributed by atoms with Gasteiger partial charge in [-0.25, -0.2) is 0 Å². The summed E-state index contributed by atoms with van der Waals surface area (Å²) in [6, 6.07) is 5.00. The summed E-state index contributed by atoms with van der Waals surface area (Å²) in [7, 11) is 1.49. The van der Waals surface area contributed by atoms with Crippen molar-refractivity contribution in [2.45, 2.75) is 6.61 Å². The van der Waals surface area contributed by atoms with Crippen molar-refractivity contribution in [2.75, 3.05) is 7.11 Å². The third-order valence-corrected chi connectivity index (χ3v) is 1.81. The highest BCUT2D eigenvalue weighted by atomic mass is 16.5. The Bertz CT molecular complexity index is 318. The topological polar surface area (TPSA) is 46.5 Å². The number of ether oxygens (including phenoxy) is 1. The molecule has 0 saturated heterocycles. The maximum absolute atomic E-state index is 11.0. The molecule has 1 N–H and O–H groups in total. The summed E-state index contributed by atoms with van der Waals surface area (Å²) in [5.41, 5.74) is 0.895. The van der Waals surface area contributed by atoms with Gasteiger partial charge in [-0.2, -0.15) is 0 Å². The molecule has 0 amide bonds. The van der Waals surface area contributed by atoms with Crippen LogP contribution in [0.3, 0.4) is 0 Å². The van der Waals surface area contributed by atoms with Gasteiger partial charge in [-0.3, -0.25) is 4.79 Å². The van der Waals surface area contributed by atoms with Crippen molar-refractivity contribution in [3.63, 3.8) is 0 Å². The number of benzene rings is 1. The average molecular weight is 179 g/mol. The normalized spacial score (nSPS) is 9.77. The van der Waals surface area contributed by atoms with E-state index in [0.717, 1.165) is 0 Å². The zero-order valence-electron chi connectivity index (χ0n) is 7.41. The molecule has 1 aromatic rings. The van der Waals surface area contributed by atoms with Crippen LogP contribution in [0, 0.1) is 6.92 Å². The lowest BCUT2D eigenvalue weighted by atomic mass is 10.0. The molecule has 0 aliphatic carbocycles. The van der Waals surface area contributed by atoms with Crippen LogP contribution in [0.2, 0.25) is 0 Å². The van der Waals surface area contributed by atoms with Crippen molar-refractivity contribution in [1.29, 1.82) is 0 Å². The monoisotopic (exact) mass is 179 g/mol. The molecular weight excluding hydrogens is 168 g/mol. The van der Waals surface area contributed by atoms with E-state index in [1.807, 2.05) is 0 Å². The number of Topliss-reactive ketones (excluding diaryl/α,β-unsaturated/α-hetero) is 1. The molecule has 69 valence electrons. The first-order valence-corrected chi connectivity index (χ1v) is 3.83. The van der Waals surface area contributed by atoms with Crippen molar-refractivity contribution >= 4 is 5.78 Å². The number of carbonyl (C=O) groups excluding carboxylic acids is 1. The number of aliphatic hydroxyl groups excluding tert-OH is 1. The summed E-state index contributed by atoms with van der Waals surface area (Å²) in [6.07, 6.45) is 0. The zero-order valence-corrected chi connectivity index (χ0v) is 7.41. The average Bonchev–Trinajstić information content (AvgIpc) is 2.16. The minimum Gasteiger partial charge on any atom is -0.496 e. The van der Waals surface area contributed by atoms with Crippen molar-refractivity contribution in [3.05, 3.63) is 36.2 Å². The van der Waals surface area contributed by atoms with E-state index in [1.54, 1.807) is 18.2 Å². The smallest absolute Gasteiger partial charge is 0.163 e. The minimum absolute atomic E-state index is 0.222. The predicted octanol–water partition coefficient (Wildman–Crippen LogP) is 1.20. The molecule has 0 fully saturated rings. The third-order valence-electron chi connectivity index (χ3n) is 1.81. The highest BCUT2D eigenvalue weighted by molar-refractivity contribution is 6.01. The first-order valence-electron chi connectivity index (χ1n) is 3.83. The van der Waals surface area contributed by atoms with Gasteiger partial charge in [-0.1, -0.05) is 12.1 Å². The SMILES string of the molecule is [CH2]C(=O)c1cccc(OC)c1CO. The molecule has 0 saturated carbocycles. The van der Waals surface area contributed by atoms with Gasteiger partial charge >= 0.3 is 0 Å². The van der Waals surface area contributed by atoms with Gasteiger partial charge in [0.15, 0.2) is 5.78 Å². The van der Waals surface area contributed by atoms with E-state index >= 15 is 0 Å². The third kappa shape index (κ3) is 1.87. The number of ketones is 1. The van der Waals surface area contributed by atoms with Gasteiger partial charge in [0.1, 0.15) is 5.75 Å². The molecular formula is C10H11O3. The Morgan fingerprint density at radius 1 is 1.62 bits per heavy atom. The van der Waals surface area contributed by atoms with E-state index in [0.29, 0.717) is 16.9 Å². The first-order chi connectivity index (χ1) is 6.20. The van der Waals surface area contributed by atoms with E-state index < -0.39 is 0 Å². The molecule has 3 nitrogen and oxygen atoms in total. The lowest BCUT2D eigenvalue weighted by Crippen LogP contribution is -2.02. The molecule has 1 rings (SSSR count). The van der Waals surface area contributed by atoms with Gasteiger partial charge in [-0.05, 0) is 6.07 Å². The van der Waals surface area contributed by atoms with Crippen LogP contribution in [0.1, 0.15) is 15.9 Å². The van der Waals surface area contributed by atoms with Crippen molar-refractivity contribution in [2.24, 2.45) is 0 Å². The molecule has 0 spiro atoms. The van der Waals surface area contributed by atoms with Crippen LogP contribution >= 0.6 is 0 Å². The molecule has 0 unspecified atom stereocenters. The maximum Gasteiger partial charge on any atom is 0.163 e. The Morgan fingerprint density at radius 3 is 2.77 bits per heavy atom. The van der Waals surface area contributed by atoms with Gasteiger partial charge in [0.2, 0.25) is 0 Å². The number of hydrogen-bond acceptors (Lipinski definition) is 3. The van der Waals surface area contributed by atoms with Crippen LogP contribution in [0.5, 0.6) is 5.75 Å². The fourth-order valence-electron chi connectivity index (χ4n) is 1.18. The minimum atomic E-state index is -0.317. The van der Waals surface area contributed by atoms with Crippen LogP contribution < -0.4 is 4.74 Å². The summed E-state index contributed by atoms with van der Waals surface area (Å²) in [4.78, 5) is 11.0. The van der Waals surface area contributed by atoms with Gasteiger partial charge in [0.05, 0.1) is 13.7 Å². The molecule has 3 heteroatoms. The quantitative estimate of drug-likeness (QED) is 0.709. The summed E-state index contributed by atoms with van der Waals surface area (Å²) < 4.78 is 4.99. The van der Waals surface area contributed by atoms with Crippen molar-refractivity contribution < 1.29 is 14.6 Å². The van der Waals surface area contributed by atoms with Gasteiger partial charge in [0.25, 0.3) is 0 Å². The Labute approximate surface area is 77.0 Å². The zero-order chi connectivity index (χ0) is 9.84. The summed E-state index contributed by atoms with van der Waals surface area (Å²) in [5, 5.41) is 9.02. The second-order valence-corrected chi connectivity index (χ2v) is 2.57. The Hall–Kier alpha value is -1.35. The van der Waals surface area contributed by atoms with Gasteiger partial charge in [0, 0.05) is 18.1 Å². The lowest BCUT2D eigenvalue weighted by Gasteiger charge is -2.08. The molecule has 0 atom stereocenters. The number of carbonyl (C=O) groups is 1. The molecule has 1 radical (unpaired) electrons. The highest BCUT2D eigenvalue weighted by Crippen LogP contribution is 2.22. The van der Waals surface area contributed by atoms with E-state index in [-0.39, 0.29) is 12.4 Å². The van der Waals surface area contributed by atoms with Crippen LogP contribution in [0.4, 0.5) is 0 Å². The maximum atomic E-state index is 11.0. The molecule has 0 aromatic heterocycles. The Kier molecular flexibility index (Phi) is 3.03. The fraction of sp³-hybridized carbons (Fsp3) is 0.200. The highest BCUT2D eigenvalue weighted by Gasteiger charge is 2.10. The summed E-state index contributed by atoms with van der Waals surface area (Å²) >= 11 is 0. The van der Waals surface area contributed by atoms with Crippen LogP contribution in [0.25, 0.3) is 0 Å². The van der Waals surface area contributed by atoms with E-state index in [4.69, 9.17) is 9.84 Å². The van der Waals surface area contributed by atoms with Crippen LogP contribution in [0.15, 0.2) is 18.2 Å². The van der Waals surface area contributed by atoms with Crippen LogP contribution in [-0.2, 0) is 6.61 Å². The largest absolute Gasteiger partial charge is 0.496 e. The number of hydrogen-bond donors (Lipinski definition) is 1. The second-order valence-electron chi connectivity index (χ2n) is 2.57. The predicted molar refractivity (Wildman–Crippen MR) is 48.6 cm³/mol. The Morgan fingerprint density at radius 2 is 2.31 bits per heavy atom. The number of rotatable bonds is 3. The molecule has 1 aromatic carbocycles. The number of aliphatic hydroxyl groups is 1. The number of methoxy groups -OCH3 is 1. The fourth-order valence-corrected chi connectivity index (χ4v) is 1.18. The van der Waals surface area contributed by atoms with E-state index in [1.165, 1.54) is 7.11 Å². The Balaban J connectivity index is 3.27. The lowest BCUT2D eigenvalue weighted by molar-refractivity contribution is 0.104. The van der Waals surface area contributed by atoms with Crippen LogP contribution in [-0.4, -0.2) is 18.0 Å².